The van der Waals surface area contributed by atoms with Crippen LogP contribution in [0.1, 0.15) is 13.3 Å². The van der Waals surface area contributed by atoms with Crippen LogP contribution in [-0.2, 0) is 19.5 Å². The van der Waals surface area contributed by atoms with Gasteiger partial charge in [-0.3, -0.25) is 10.2 Å². The van der Waals surface area contributed by atoms with Gasteiger partial charge < -0.3 is 14.2 Å². The molecule has 0 aromatic heterocycles. The van der Waals surface area contributed by atoms with Crippen molar-refractivity contribution in [2.45, 2.75) is 18.2 Å². The minimum absolute atomic E-state index is 0.0430. The highest BCUT2D eigenvalue weighted by molar-refractivity contribution is 7.89. The van der Waals surface area contributed by atoms with E-state index in [9.17, 15) is 13.2 Å². The molecule has 27 heavy (non-hydrogen) atoms. The average molecular weight is 401 g/mol. The number of hydrogen-bond donors (Lipinski definition) is 2. The second-order valence-corrected chi connectivity index (χ2v) is 7.68. The first-order valence-corrected chi connectivity index (χ1v) is 10.4. The van der Waals surface area contributed by atoms with Gasteiger partial charge in [0.1, 0.15) is 5.75 Å². The lowest BCUT2D eigenvalue weighted by atomic mass is 10.3. The molecule has 1 aliphatic rings. The molecule has 1 aliphatic heterocycles. The number of methoxy groups -OCH3 is 1. The van der Waals surface area contributed by atoms with E-state index in [-0.39, 0.29) is 17.2 Å². The average Bonchev–Trinajstić information content (AvgIpc) is 2.66. The highest BCUT2D eigenvalue weighted by atomic mass is 32.2. The van der Waals surface area contributed by atoms with Crippen molar-refractivity contribution in [3.63, 3.8) is 0 Å². The highest BCUT2D eigenvalue weighted by Gasteiger charge is 2.18. The van der Waals surface area contributed by atoms with Crippen molar-refractivity contribution in [1.29, 1.82) is 0 Å². The van der Waals surface area contributed by atoms with E-state index in [1.807, 2.05) is 0 Å². The van der Waals surface area contributed by atoms with Crippen LogP contribution in [0.25, 0.3) is 0 Å². The number of nitrogens with zero attached hydrogens (tertiary/aromatic N) is 1. The van der Waals surface area contributed by atoms with Crippen molar-refractivity contribution >= 4 is 21.8 Å². The Labute approximate surface area is 160 Å². The standard InChI is InChI=1S/C17H27N3O6S/c1-3-26-17(21)19-15-13-14(5-6-16(15)24-2)27(22,23)18-7-4-8-20-9-11-25-12-10-20/h5-6,13,18H,3-4,7-12H2,1-2H3,(H,19,21). The molecule has 0 bridgehead atoms. The molecule has 0 spiro atoms. The van der Waals surface area contributed by atoms with E-state index in [4.69, 9.17) is 14.2 Å². The van der Waals surface area contributed by atoms with Gasteiger partial charge in [-0.15, -0.1) is 0 Å². The summed E-state index contributed by atoms with van der Waals surface area (Å²) in [6.45, 7) is 6.19. The van der Waals surface area contributed by atoms with E-state index in [1.165, 1.54) is 25.3 Å². The number of benzene rings is 1. The third-order valence-electron chi connectivity index (χ3n) is 4.04. The molecule has 152 valence electrons. The van der Waals surface area contributed by atoms with Crippen LogP contribution < -0.4 is 14.8 Å². The normalized spacial score (nSPS) is 15.3. The summed E-state index contributed by atoms with van der Waals surface area (Å²) in [4.78, 5) is 13.9. The summed E-state index contributed by atoms with van der Waals surface area (Å²) in [7, 11) is -2.27. The third-order valence-corrected chi connectivity index (χ3v) is 5.50. The van der Waals surface area contributed by atoms with Crippen molar-refractivity contribution < 1.29 is 27.4 Å². The maximum atomic E-state index is 12.5. The van der Waals surface area contributed by atoms with Gasteiger partial charge >= 0.3 is 6.09 Å². The zero-order chi connectivity index (χ0) is 19.7. The van der Waals surface area contributed by atoms with Crippen LogP contribution in [0.3, 0.4) is 0 Å². The Hall–Kier alpha value is -1.88. The smallest absolute Gasteiger partial charge is 0.411 e. The molecule has 10 heteroatoms. The van der Waals surface area contributed by atoms with Crippen molar-refractivity contribution in [1.82, 2.24) is 9.62 Å². The van der Waals surface area contributed by atoms with Crippen LogP contribution in [0.15, 0.2) is 23.1 Å². The molecule has 0 unspecified atom stereocenters. The van der Waals surface area contributed by atoms with Gasteiger partial charge in [0.05, 0.1) is 37.5 Å². The van der Waals surface area contributed by atoms with E-state index in [0.717, 1.165) is 19.6 Å². The van der Waals surface area contributed by atoms with E-state index in [1.54, 1.807) is 6.92 Å². The number of hydrogen-bond acceptors (Lipinski definition) is 7. The maximum Gasteiger partial charge on any atom is 0.411 e. The van der Waals surface area contributed by atoms with Crippen molar-refractivity contribution in [2.75, 3.05) is 58.4 Å². The number of carbonyl (C=O) groups is 1. The fourth-order valence-corrected chi connectivity index (χ4v) is 3.75. The van der Waals surface area contributed by atoms with Crippen LogP contribution >= 0.6 is 0 Å². The minimum Gasteiger partial charge on any atom is -0.495 e. The number of amides is 1. The van der Waals surface area contributed by atoms with Gasteiger partial charge in [0.2, 0.25) is 10.0 Å². The fourth-order valence-electron chi connectivity index (χ4n) is 2.65. The molecule has 2 rings (SSSR count). The quantitative estimate of drug-likeness (QED) is 0.600. The van der Waals surface area contributed by atoms with Gasteiger partial charge in [0.25, 0.3) is 0 Å². The van der Waals surface area contributed by atoms with Crippen LogP contribution in [0.2, 0.25) is 0 Å². The summed E-state index contributed by atoms with van der Waals surface area (Å²) < 4.78 is 42.9. The molecule has 1 aromatic carbocycles. The van der Waals surface area contributed by atoms with Gasteiger partial charge in [-0.2, -0.15) is 0 Å². The lowest BCUT2D eigenvalue weighted by Crippen LogP contribution is -2.38. The lowest BCUT2D eigenvalue weighted by Gasteiger charge is -2.26. The first-order valence-electron chi connectivity index (χ1n) is 8.88. The molecule has 1 aromatic rings. The highest BCUT2D eigenvalue weighted by Crippen LogP contribution is 2.27. The van der Waals surface area contributed by atoms with Gasteiger partial charge in [0.15, 0.2) is 0 Å². The SMILES string of the molecule is CCOC(=O)Nc1cc(S(=O)(=O)NCCCN2CCOCC2)ccc1OC. The van der Waals surface area contributed by atoms with E-state index in [0.29, 0.717) is 31.9 Å². The Morgan fingerprint density at radius 3 is 2.70 bits per heavy atom. The van der Waals surface area contributed by atoms with Gasteiger partial charge in [-0.25, -0.2) is 17.9 Å². The van der Waals surface area contributed by atoms with Crippen LogP contribution in [0, 0.1) is 0 Å². The van der Waals surface area contributed by atoms with Gasteiger partial charge in [-0.1, -0.05) is 0 Å². The zero-order valence-corrected chi connectivity index (χ0v) is 16.5. The fraction of sp³-hybridized carbons (Fsp3) is 0.588. The minimum atomic E-state index is -3.70. The van der Waals surface area contributed by atoms with Crippen LogP contribution in [0.5, 0.6) is 5.75 Å². The summed E-state index contributed by atoms with van der Waals surface area (Å²) in [5, 5.41) is 2.49. The molecule has 0 aliphatic carbocycles. The monoisotopic (exact) mass is 401 g/mol. The second kappa shape index (κ2) is 10.5. The largest absolute Gasteiger partial charge is 0.495 e. The molecule has 1 heterocycles. The Morgan fingerprint density at radius 1 is 1.30 bits per heavy atom. The summed E-state index contributed by atoms with van der Waals surface area (Å²) >= 11 is 0. The van der Waals surface area contributed by atoms with Gasteiger partial charge in [-0.05, 0) is 38.1 Å². The molecule has 0 atom stereocenters. The van der Waals surface area contributed by atoms with E-state index < -0.39 is 16.1 Å². The topological polar surface area (TPSA) is 106 Å². The van der Waals surface area contributed by atoms with Crippen molar-refractivity contribution in [3.8, 4) is 5.75 Å². The van der Waals surface area contributed by atoms with Crippen molar-refractivity contribution in [3.05, 3.63) is 18.2 Å². The number of anilines is 1. The first kappa shape index (κ1) is 21.4. The molecule has 1 fully saturated rings. The molecular weight excluding hydrogens is 374 g/mol. The number of carbonyl (C=O) groups excluding carboxylic acids is 1. The first-order chi connectivity index (χ1) is 13.0. The lowest BCUT2D eigenvalue weighted by molar-refractivity contribution is 0.0376. The van der Waals surface area contributed by atoms with Crippen molar-refractivity contribution in [2.24, 2.45) is 0 Å². The third kappa shape index (κ3) is 6.65. The number of rotatable bonds is 9. The molecule has 0 radical (unpaired) electrons. The van der Waals surface area contributed by atoms with Gasteiger partial charge in [0, 0.05) is 19.6 Å². The van der Waals surface area contributed by atoms with E-state index >= 15 is 0 Å². The maximum absolute atomic E-state index is 12.5. The van der Waals surface area contributed by atoms with Crippen LogP contribution in [-0.4, -0.2) is 72.5 Å². The molecule has 1 amide bonds. The predicted molar refractivity (Wildman–Crippen MR) is 101 cm³/mol. The molecule has 9 nitrogen and oxygen atoms in total. The molecule has 0 saturated carbocycles. The number of nitrogens with one attached hydrogen (secondary N) is 2. The second-order valence-electron chi connectivity index (χ2n) is 5.91. The summed E-state index contributed by atoms with van der Waals surface area (Å²) in [6.07, 6.45) is 0.0207. The number of morpholine rings is 1. The Balaban J connectivity index is 1.96. The molecular formula is C17H27N3O6S. The van der Waals surface area contributed by atoms with Crippen LogP contribution in [0.4, 0.5) is 10.5 Å². The summed E-state index contributed by atoms with van der Waals surface area (Å²) in [5.41, 5.74) is 0.229. The summed E-state index contributed by atoms with van der Waals surface area (Å²) in [6, 6.07) is 4.27. The number of sulfonamides is 1. The zero-order valence-electron chi connectivity index (χ0n) is 15.7. The molecule has 1 saturated heterocycles. The Morgan fingerprint density at radius 2 is 2.04 bits per heavy atom. The van der Waals surface area contributed by atoms with E-state index in [2.05, 4.69) is 14.9 Å². The Bertz CT molecular complexity index is 719. The number of ether oxygens (including phenoxy) is 3. The Kier molecular flexibility index (Phi) is 8.29. The predicted octanol–water partition coefficient (Wildman–Crippen LogP) is 1.26. The molecule has 2 N–H and O–H groups in total. The summed E-state index contributed by atoms with van der Waals surface area (Å²) in [5.74, 6) is 0.342.